The second-order valence-corrected chi connectivity index (χ2v) is 29.4. The minimum atomic E-state index is -3.23. The van der Waals surface area contributed by atoms with Crippen LogP contribution in [0.5, 0.6) is 0 Å². The van der Waals surface area contributed by atoms with Crippen LogP contribution in [0, 0.1) is 11.6 Å². The first-order valence-electron chi connectivity index (χ1n) is 23.4. The zero-order valence-electron chi connectivity index (χ0n) is 42.6. The molecule has 0 spiro atoms. The number of aryl methyl sites for hydroxylation is 2. The summed E-state index contributed by atoms with van der Waals surface area (Å²) in [4.78, 5) is 47.8. The molecule has 21 nitrogen and oxygen atoms in total. The molecule has 0 bridgehead atoms. The monoisotopic (exact) mass is 1080 g/mol. The van der Waals surface area contributed by atoms with Gasteiger partial charge in [0.15, 0.2) is 11.3 Å². The highest BCUT2D eigenvalue weighted by atomic mass is 32.2. The number of hydrogen-bond donors (Lipinski definition) is 3. The minimum absolute atomic E-state index is 0.0769. The second-order valence-electron chi connectivity index (χ2n) is 19.3. The summed E-state index contributed by atoms with van der Waals surface area (Å²) >= 11 is 0. The molecule has 6 aromatic heterocycles. The summed E-state index contributed by atoms with van der Waals surface area (Å²) in [5.74, 6) is -1.79. The summed E-state index contributed by atoms with van der Waals surface area (Å²) in [5.41, 5.74) is 5.14. The lowest BCUT2D eigenvalue weighted by atomic mass is 10.1. The highest BCUT2D eigenvalue weighted by Gasteiger charge is 2.25. The third-order valence-electron chi connectivity index (χ3n) is 11.9. The van der Waals surface area contributed by atoms with Gasteiger partial charge in [-0.1, -0.05) is 19.6 Å². The van der Waals surface area contributed by atoms with E-state index >= 15 is 0 Å². The first-order chi connectivity index (χ1) is 34.9. The van der Waals surface area contributed by atoms with Gasteiger partial charge in [0.2, 0.25) is 0 Å². The van der Waals surface area contributed by atoms with Gasteiger partial charge >= 0.3 is 0 Å². The number of nitrogens with zero attached hydrogens (tertiary/aromatic N) is 9. The first kappa shape index (κ1) is 55.2. The number of hydrogen-bond acceptors (Lipinski definition) is 15. The fraction of sp³-hybridized carbons (Fsp3) is 0.417. The average molecular weight is 1080 g/mol. The summed E-state index contributed by atoms with van der Waals surface area (Å²) in [7, 11) is -1.31. The smallest absolute Gasteiger partial charge is 0.255 e. The number of benzene rings is 2. The summed E-state index contributed by atoms with van der Waals surface area (Å²) in [5, 5.41) is 16.1. The molecule has 74 heavy (non-hydrogen) atoms. The van der Waals surface area contributed by atoms with Crippen molar-refractivity contribution >= 4 is 83.7 Å². The van der Waals surface area contributed by atoms with E-state index in [0.717, 1.165) is 18.6 Å². The van der Waals surface area contributed by atoms with Gasteiger partial charge in [-0.3, -0.25) is 19.0 Å². The number of carbonyl (C=O) groups is 2. The Hall–Kier alpha value is -6.58. The summed E-state index contributed by atoms with van der Waals surface area (Å²) in [6.45, 7) is 7.89. The van der Waals surface area contributed by atoms with Gasteiger partial charge in [0.25, 0.3) is 11.8 Å². The third-order valence-corrected chi connectivity index (χ3v) is 15.5. The van der Waals surface area contributed by atoms with Crippen LogP contribution in [-0.4, -0.2) is 156 Å². The molecule has 0 saturated heterocycles. The molecule has 0 unspecified atom stereocenters. The molecule has 6 heterocycles. The van der Waals surface area contributed by atoms with E-state index in [0.29, 0.717) is 73.5 Å². The van der Waals surface area contributed by atoms with E-state index < -0.39 is 51.6 Å². The quantitative estimate of drug-likeness (QED) is 0.0597. The van der Waals surface area contributed by atoms with Gasteiger partial charge in [0.1, 0.15) is 71.8 Å². The maximum Gasteiger partial charge on any atom is 0.255 e. The van der Waals surface area contributed by atoms with Gasteiger partial charge in [-0.25, -0.2) is 45.6 Å². The van der Waals surface area contributed by atoms with Crippen molar-refractivity contribution in [2.75, 3.05) is 58.1 Å². The number of aromatic amines is 1. The Morgan fingerprint density at radius 1 is 0.743 bits per heavy atom. The van der Waals surface area contributed by atoms with Crippen LogP contribution >= 0.6 is 0 Å². The highest BCUT2D eigenvalue weighted by Crippen LogP contribution is 2.30. The summed E-state index contributed by atoms with van der Waals surface area (Å²) in [6.07, 6.45) is 8.96. The van der Waals surface area contributed by atoms with Crippen molar-refractivity contribution in [1.29, 1.82) is 0 Å². The number of H-pyrrole nitrogens is 1. The lowest BCUT2D eigenvalue weighted by molar-refractivity contribution is 0.0874. The van der Waals surface area contributed by atoms with Crippen LogP contribution in [0.2, 0.25) is 25.7 Å². The molecular weight excluding hydrogens is 1020 g/mol. The van der Waals surface area contributed by atoms with Gasteiger partial charge in [0, 0.05) is 78.7 Å². The molecule has 2 atom stereocenters. The van der Waals surface area contributed by atoms with Crippen molar-refractivity contribution in [2.24, 2.45) is 14.1 Å². The van der Waals surface area contributed by atoms with Crippen LogP contribution in [-0.2, 0) is 54.7 Å². The van der Waals surface area contributed by atoms with Crippen LogP contribution < -0.4 is 10.6 Å². The second kappa shape index (κ2) is 22.9. The van der Waals surface area contributed by atoms with Crippen molar-refractivity contribution in [1.82, 2.24) is 59.7 Å². The van der Waals surface area contributed by atoms with Crippen molar-refractivity contribution in [3.63, 3.8) is 0 Å². The predicted molar refractivity (Wildman–Crippen MR) is 280 cm³/mol. The molecular formula is C48H60F2N12O9S2Si. The fourth-order valence-electron chi connectivity index (χ4n) is 8.03. The Morgan fingerprint density at radius 3 is 1.74 bits per heavy atom. The molecule has 2 aromatic carbocycles. The lowest BCUT2D eigenvalue weighted by Crippen LogP contribution is -2.39. The van der Waals surface area contributed by atoms with Gasteiger partial charge < -0.3 is 34.4 Å². The number of methoxy groups -OCH3 is 2. The van der Waals surface area contributed by atoms with E-state index in [1.165, 1.54) is 50.9 Å². The zero-order chi connectivity index (χ0) is 53.7. The van der Waals surface area contributed by atoms with E-state index in [1.807, 2.05) is 0 Å². The van der Waals surface area contributed by atoms with Gasteiger partial charge in [-0.15, -0.1) is 0 Å². The van der Waals surface area contributed by atoms with E-state index in [-0.39, 0.29) is 67.1 Å². The topological polar surface area (TPSA) is 262 Å². The molecule has 0 fully saturated rings. The number of carbonyl (C=O) groups excluding carboxylic acids is 2. The SMILES string of the molecule is COC[C@H](CCS(C)(=O)=O)NC(=O)c1c[nH]c2ncc(-c3nn(C)c4cc(F)ccc34)nc12.COC[C@H](CCS(C)(=O)=O)NC(=O)c1cn(COCC[Si](C)(C)C)c2ncc(-c3nn(C)c4cc(F)ccc34)nc12. The molecule has 0 aliphatic rings. The Bertz CT molecular complexity index is 3580. The van der Waals surface area contributed by atoms with Crippen molar-refractivity contribution in [3.8, 4) is 22.8 Å². The lowest BCUT2D eigenvalue weighted by Gasteiger charge is -2.17. The Kier molecular flexibility index (Phi) is 17.1. The molecule has 0 aliphatic heterocycles. The number of halogens is 2. The van der Waals surface area contributed by atoms with Crippen molar-refractivity contribution in [3.05, 3.63) is 83.9 Å². The number of aromatic nitrogens is 10. The molecule has 0 saturated carbocycles. The maximum atomic E-state index is 13.9. The van der Waals surface area contributed by atoms with Crippen LogP contribution in [0.15, 0.2) is 61.2 Å². The van der Waals surface area contributed by atoms with Crippen LogP contribution in [0.4, 0.5) is 8.78 Å². The summed E-state index contributed by atoms with van der Waals surface area (Å²) in [6, 6.07) is 8.73. The third kappa shape index (κ3) is 13.8. The number of sulfone groups is 2. The van der Waals surface area contributed by atoms with E-state index in [4.69, 9.17) is 19.2 Å². The highest BCUT2D eigenvalue weighted by molar-refractivity contribution is 7.90. The van der Waals surface area contributed by atoms with E-state index in [9.17, 15) is 35.2 Å². The van der Waals surface area contributed by atoms with Gasteiger partial charge in [-0.2, -0.15) is 10.2 Å². The predicted octanol–water partition coefficient (Wildman–Crippen LogP) is 5.45. The number of ether oxygens (including phenoxy) is 3. The first-order valence-corrected chi connectivity index (χ1v) is 31.2. The van der Waals surface area contributed by atoms with Crippen molar-refractivity contribution in [2.45, 2.75) is 57.3 Å². The van der Waals surface area contributed by atoms with Gasteiger partial charge in [-0.05, 0) is 55.3 Å². The molecule has 0 aliphatic carbocycles. The molecule has 3 N–H and O–H groups in total. The molecule has 26 heteroatoms. The largest absolute Gasteiger partial charge is 0.383 e. The average Bonchev–Trinajstić information content (AvgIpc) is 4.09. The maximum absolute atomic E-state index is 13.9. The standard InChI is InChI=1S/C27H37FN6O5SSi.C21H23FN6O4S/c1-33-23-13-18(28)7-8-20(23)24(32-33)22-14-29-26-25(31-22)21(15-34(26)17-39-10-12-41(4,5)6)27(35)30-19(16-38-2)9-11-40(3,36)37;1-28-17-8-12(22)4-5-14(17)18(27-28)16-10-24-20-19(26-16)15(9-23-20)21(29)25-13(11-32-2)6-7-33(3,30)31/h7-8,13-15,19H,9-12,16-17H2,1-6H3,(H,30,35);4-5,8-10,13H,6-7,11H2,1-3H3,(H,23,24)(H,25,29)/t19-;13-/m00/s1. The molecule has 396 valence electrons. The van der Waals surface area contributed by atoms with Crippen LogP contribution in [0.1, 0.15) is 33.6 Å². The number of fused-ring (bicyclic) bond motifs is 4. The molecule has 0 radical (unpaired) electrons. The Balaban J connectivity index is 0.000000221. The molecule has 2 amide bonds. The Morgan fingerprint density at radius 2 is 1.24 bits per heavy atom. The van der Waals surface area contributed by atoms with Crippen molar-refractivity contribution < 1.29 is 49.4 Å². The van der Waals surface area contributed by atoms with E-state index in [1.54, 1.807) is 52.6 Å². The number of amides is 2. The van der Waals surface area contributed by atoms with Crippen LogP contribution in [0.3, 0.4) is 0 Å². The number of nitrogens with one attached hydrogen (secondary N) is 3. The zero-order valence-corrected chi connectivity index (χ0v) is 45.2. The van der Waals surface area contributed by atoms with E-state index in [2.05, 4.69) is 60.4 Å². The normalized spacial score (nSPS) is 13.1. The van der Waals surface area contributed by atoms with Gasteiger partial charge in [0.05, 0.1) is 71.4 Å². The molecule has 8 aromatic rings. The fourth-order valence-corrected chi connectivity index (χ4v) is 10.2. The molecule has 8 rings (SSSR count). The van der Waals surface area contributed by atoms with Crippen LogP contribution in [0.25, 0.3) is 66.9 Å². The summed E-state index contributed by atoms with van der Waals surface area (Å²) < 4.78 is 95.2. The minimum Gasteiger partial charge on any atom is -0.383 e. The number of rotatable bonds is 21. The Labute approximate surface area is 427 Å².